The molecule has 1 nitrogen and oxygen atoms in total. The first kappa shape index (κ1) is 35.9. The topological polar surface area (TPSA) is 9.23 Å². The Morgan fingerprint density at radius 3 is 1.36 bits per heavy atom. The van der Waals surface area contributed by atoms with Crippen molar-refractivity contribution in [1.29, 1.82) is 0 Å². The molecule has 0 spiro atoms. The lowest BCUT2D eigenvalue weighted by Gasteiger charge is -2.11. The lowest BCUT2D eigenvalue weighted by atomic mass is 9.95. The van der Waals surface area contributed by atoms with Crippen LogP contribution in [0.4, 0.5) is 0 Å². The predicted molar refractivity (Wildman–Crippen MR) is 175 cm³/mol. The van der Waals surface area contributed by atoms with Crippen molar-refractivity contribution in [2.75, 3.05) is 6.61 Å². The molecule has 0 fully saturated rings. The van der Waals surface area contributed by atoms with E-state index in [1.54, 1.807) is 0 Å². The summed E-state index contributed by atoms with van der Waals surface area (Å²) in [6.45, 7) is 10.3. The average molecular weight is 541 g/mol. The highest BCUT2D eigenvalue weighted by atomic mass is 16.5. The summed E-state index contributed by atoms with van der Waals surface area (Å²) in [4.78, 5) is 0. The second-order valence-corrected chi connectivity index (χ2v) is 12.6. The third-order valence-electron chi connectivity index (χ3n) is 8.61. The minimum absolute atomic E-state index is 0.702. The van der Waals surface area contributed by atoms with E-state index in [0.717, 1.165) is 19.1 Å². The third-order valence-corrected chi connectivity index (χ3v) is 8.61. The van der Waals surface area contributed by atoms with Gasteiger partial charge in [0, 0.05) is 6.61 Å². The Morgan fingerprint density at radius 2 is 0.923 bits per heavy atom. The minimum atomic E-state index is 0.702. The molecule has 0 heterocycles. The van der Waals surface area contributed by atoms with Crippen LogP contribution in [0, 0.1) is 11.8 Å². The molecule has 0 N–H and O–H groups in total. The number of unbranched alkanes of at least 4 members (excludes halogenated alkanes) is 19. The molecule has 1 aromatic carbocycles. The van der Waals surface area contributed by atoms with Crippen molar-refractivity contribution in [1.82, 2.24) is 0 Å². The molecule has 1 rings (SSSR count). The van der Waals surface area contributed by atoms with E-state index in [1.807, 2.05) is 0 Å². The zero-order chi connectivity index (χ0) is 28.1. The Labute approximate surface area is 246 Å². The number of ether oxygens (including phenoxy) is 1. The van der Waals surface area contributed by atoms with Gasteiger partial charge in [0.15, 0.2) is 0 Å². The smallest absolute Gasteiger partial charge is 0.0716 e. The van der Waals surface area contributed by atoms with Crippen molar-refractivity contribution in [2.45, 2.75) is 175 Å². The number of hydrogen-bond donors (Lipinski definition) is 0. The first-order valence-electron chi connectivity index (χ1n) is 17.5. The van der Waals surface area contributed by atoms with Gasteiger partial charge in [0.05, 0.1) is 6.61 Å². The largest absolute Gasteiger partial charge is 0.377 e. The molecule has 226 valence electrons. The van der Waals surface area contributed by atoms with E-state index in [0.29, 0.717) is 5.92 Å². The normalized spacial score (nSPS) is 13.0. The van der Waals surface area contributed by atoms with Gasteiger partial charge in [0.1, 0.15) is 0 Å². The SMILES string of the molecule is C=C[C@@H](C)CCCCCCC[C@@H](C)CCCCCCCCCCCCCCCCCCOCc1ccccc1. The molecule has 0 saturated heterocycles. The summed E-state index contributed by atoms with van der Waals surface area (Å²) in [6, 6.07) is 10.5. The fourth-order valence-electron chi connectivity index (χ4n) is 5.69. The second-order valence-electron chi connectivity index (χ2n) is 12.6. The highest BCUT2D eigenvalue weighted by Gasteiger charge is 2.03. The molecule has 0 aliphatic rings. The maximum absolute atomic E-state index is 5.78. The van der Waals surface area contributed by atoms with Gasteiger partial charge >= 0.3 is 0 Å². The van der Waals surface area contributed by atoms with Crippen molar-refractivity contribution < 1.29 is 4.74 Å². The van der Waals surface area contributed by atoms with Crippen LogP contribution < -0.4 is 0 Å². The van der Waals surface area contributed by atoms with Crippen LogP contribution >= 0.6 is 0 Å². The lowest BCUT2D eigenvalue weighted by molar-refractivity contribution is 0.116. The van der Waals surface area contributed by atoms with E-state index in [2.05, 4.69) is 56.8 Å². The zero-order valence-corrected chi connectivity index (χ0v) is 26.6. The second kappa shape index (κ2) is 28.4. The lowest BCUT2D eigenvalue weighted by Crippen LogP contribution is -1.95. The first-order chi connectivity index (χ1) is 19.2. The molecule has 0 aliphatic carbocycles. The van der Waals surface area contributed by atoms with Crippen LogP contribution in [-0.4, -0.2) is 6.61 Å². The van der Waals surface area contributed by atoms with Crippen LogP contribution in [0.15, 0.2) is 43.0 Å². The Bertz CT molecular complexity index is 608. The zero-order valence-electron chi connectivity index (χ0n) is 26.6. The minimum Gasteiger partial charge on any atom is -0.377 e. The molecule has 0 bridgehead atoms. The molecule has 0 unspecified atom stereocenters. The van der Waals surface area contributed by atoms with Crippen LogP contribution in [-0.2, 0) is 11.3 Å². The van der Waals surface area contributed by atoms with Gasteiger partial charge in [-0.05, 0) is 30.2 Å². The standard InChI is InChI=1S/C38H68O/c1-4-36(2)29-23-19-17-20-25-31-37(3)30-24-18-15-13-11-9-7-5-6-8-10-12-14-16-21-28-34-39-35-38-32-26-22-27-33-38/h4,22,26-27,32-33,36-37H,1,5-21,23-25,28-31,34-35H2,2-3H3/t36-,37+/m1/s1. The van der Waals surface area contributed by atoms with Gasteiger partial charge in [-0.25, -0.2) is 0 Å². The van der Waals surface area contributed by atoms with Crippen molar-refractivity contribution in [3.63, 3.8) is 0 Å². The molecular formula is C38H68O. The number of rotatable bonds is 30. The summed E-state index contributed by atoms with van der Waals surface area (Å²) >= 11 is 0. The van der Waals surface area contributed by atoms with Crippen molar-refractivity contribution >= 4 is 0 Å². The molecule has 0 amide bonds. The van der Waals surface area contributed by atoms with Gasteiger partial charge in [-0.1, -0.05) is 192 Å². The molecule has 0 aromatic heterocycles. The van der Waals surface area contributed by atoms with Crippen LogP contribution in [0.5, 0.6) is 0 Å². The highest BCUT2D eigenvalue weighted by molar-refractivity contribution is 5.13. The van der Waals surface area contributed by atoms with Gasteiger partial charge in [-0.3, -0.25) is 0 Å². The van der Waals surface area contributed by atoms with Crippen molar-refractivity contribution in [3.8, 4) is 0 Å². The molecule has 2 atom stereocenters. The Morgan fingerprint density at radius 1 is 0.538 bits per heavy atom. The van der Waals surface area contributed by atoms with E-state index < -0.39 is 0 Å². The predicted octanol–water partition coefficient (Wildman–Crippen LogP) is 13.0. The van der Waals surface area contributed by atoms with E-state index >= 15 is 0 Å². The van der Waals surface area contributed by atoms with Crippen LogP contribution in [0.2, 0.25) is 0 Å². The average Bonchev–Trinajstić information content (AvgIpc) is 2.96. The molecule has 0 saturated carbocycles. The molecule has 1 heteroatoms. The quantitative estimate of drug-likeness (QED) is 0.0696. The van der Waals surface area contributed by atoms with Gasteiger partial charge in [0.2, 0.25) is 0 Å². The highest BCUT2D eigenvalue weighted by Crippen LogP contribution is 2.20. The van der Waals surface area contributed by atoms with E-state index in [1.165, 1.54) is 160 Å². The number of hydrogen-bond acceptors (Lipinski definition) is 1. The maximum Gasteiger partial charge on any atom is 0.0716 e. The molecule has 39 heavy (non-hydrogen) atoms. The molecule has 0 aliphatic heterocycles. The summed E-state index contributed by atoms with van der Waals surface area (Å²) in [5, 5.41) is 0. The van der Waals surface area contributed by atoms with Gasteiger partial charge in [-0.15, -0.1) is 6.58 Å². The molecule has 0 radical (unpaired) electrons. The van der Waals surface area contributed by atoms with Gasteiger partial charge in [-0.2, -0.15) is 0 Å². The van der Waals surface area contributed by atoms with E-state index in [4.69, 9.17) is 4.74 Å². The Balaban J connectivity index is 1.68. The molecule has 1 aromatic rings. The van der Waals surface area contributed by atoms with Gasteiger partial charge in [0.25, 0.3) is 0 Å². The Hall–Kier alpha value is -1.08. The van der Waals surface area contributed by atoms with Crippen molar-refractivity contribution in [3.05, 3.63) is 48.6 Å². The summed E-state index contributed by atoms with van der Waals surface area (Å²) in [5.74, 6) is 1.64. The number of benzene rings is 1. The summed E-state index contributed by atoms with van der Waals surface area (Å²) in [6.07, 6.45) is 36.3. The van der Waals surface area contributed by atoms with Crippen molar-refractivity contribution in [2.24, 2.45) is 11.8 Å². The third kappa shape index (κ3) is 25.6. The van der Waals surface area contributed by atoms with Crippen LogP contribution in [0.3, 0.4) is 0 Å². The summed E-state index contributed by atoms with van der Waals surface area (Å²) < 4.78 is 5.78. The molecular weight excluding hydrogens is 472 g/mol. The fourth-order valence-corrected chi connectivity index (χ4v) is 5.69. The van der Waals surface area contributed by atoms with Gasteiger partial charge < -0.3 is 4.74 Å². The summed E-state index contributed by atoms with van der Waals surface area (Å²) in [7, 11) is 0. The van der Waals surface area contributed by atoms with Crippen LogP contribution in [0.25, 0.3) is 0 Å². The fraction of sp³-hybridized carbons (Fsp3) is 0.789. The number of allylic oxidation sites excluding steroid dienone is 1. The summed E-state index contributed by atoms with van der Waals surface area (Å²) in [5.41, 5.74) is 1.28. The van der Waals surface area contributed by atoms with Crippen LogP contribution in [0.1, 0.15) is 174 Å². The maximum atomic E-state index is 5.78. The first-order valence-corrected chi connectivity index (χ1v) is 17.5. The Kier molecular flexibility index (Phi) is 26.2. The monoisotopic (exact) mass is 541 g/mol. The van der Waals surface area contributed by atoms with E-state index in [9.17, 15) is 0 Å². The van der Waals surface area contributed by atoms with E-state index in [-0.39, 0.29) is 0 Å².